The Morgan fingerprint density at radius 2 is 1.94 bits per heavy atom. The normalized spacial score (nSPS) is 21.9. The fourth-order valence-electron chi connectivity index (χ4n) is 1.37. The van der Waals surface area contributed by atoms with Crippen LogP contribution in [0, 0.1) is 5.92 Å². The third-order valence-electron chi connectivity index (χ3n) is 2.29. The molecule has 0 aromatic rings. The Kier molecular flexibility index (Phi) is 8.23. The van der Waals surface area contributed by atoms with Crippen LogP contribution >= 0.6 is 25.9 Å². The van der Waals surface area contributed by atoms with Crippen LogP contribution in [0.4, 0.5) is 4.20 Å². The lowest BCUT2D eigenvalue weighted by molar-refractivity contribution is 0.158. The molecule has 0 fully saturated rings. The molecule has 0 radical (unpaired) electrons. The summed E-state index contributed by atoms with van der Waals surface area (Å²) in [6.45, 7) is 0.606. The van der Waals surface area contributed by atoms with Gasteiger partial charge in [-0.1, -0.05) is 13.8 Å². The maximum atomic E-state index is 12.9. The average molecular weight is 325 g/mol. The molecule has 0 aliphatic carbocycles. The minimum atomic E-state index is -3.98. The summed E-state index contributed by atoms with van der Waals surface area (Å²) in [5.41, 5.74) is 0. The van der Waals surface area contributed by atoms with Crippen molar-refractivity contribution in [3.63, 3.8) is 0 Å². The quantitative estimate of drug-likeness (QED) is 0.638. The van der Waals surface area contributed by atoms with Gasteiger partial charge in [-0.2, -0.15) is 4.20 Å². The van der Waals surface area contributed by atoms with Crippen LogP contribution < -0.4 is 0 Å². The van der Waals surface area contributed by atoms with Crippen LogP contribution in [0.3, 0.4) is 0 Å². The highest BCUT2D eigenvalue weighted by Gasteiger charge is 2.21. The van der Waals surface area contributed by atoms with Crippen LogP contribution in [0.5, 0.6) is 0 Å². The van der Waals surface area contributed by atoms with Crippen molar-refractivity contribution in [1.82, 2.24) is 0 Å². The van der Waals surface area contributed by atoms with E-state index in [2.05, 4.69) is 4.52 Å². The van der Waals surface area contributed by atoms with E-state index in [0.29, 0.717) is 19.3 Å². The smallest absolute Gasteiger partial charge is 0.313 e. The van der Waals surface area contributed by atoms with Crippen molar-refractivity contribution in [2.24, 2.45) is 5.92 Å². The van der Waals surface area contributed by atoms with Crippen molar-refractivity contribution < 1.29 is 27.3 Å². The minimum Gasteiger partial charge on any atom is -0.313 e. The number of hydrogen-bond donors (Lipinski definition) is 1. The summed E-state index contributed by atoms with van der Waals surface area (Å²) in [5, 5.41) is 0. The molecule has 0 spiro atoms. The molecule has 0 aliphatic heterocycles. The molecule has 4 unspecified atom stereocenters. The van der Waals surface area contributed by atoms with E-state index in [1.54, 1.807) is 6.92 Å². The van der Waals surface area contributed by atoms with E-state index in [-0.39, 0.29) is 12.5 Å². The second-order valence-electron chi connectivity index (χ2n) is 4.31. The van der Waals surface area contributed by atoms with Crippen molar-refractivity contribution in [1.29, 1.82) is 0 Å². The van der Waals surface area contributed by atoms with Gasteiger partial charge in [-0.25, -0.2) is 4.57 Å². The standard InChI is InChI=1S/C9H20ClFO5P2/c1-4-9(16-17(3,11)12)6-5-8(2)7-15-18(10,13)14/h8-9H,4-7H2,1-3H3,(H,13,14). The van der Waals surface area contributed by atoms with E-state index in [4.69, 9.17) is 20.7 Å². The molecule has 0 aromatic heterocycles. The zero-order chi connectivity index (χ0) is 14.4. The highest BCUT2D eigenvalue weighted by molar-refractivity contribution is 7.80. The molecule has 1 N–H and O–H groups in total. The van der Waals surface area contributed by atoms with Gasteiger partial charge in [0.25, 0.3) is 0 Å². The third kappa shape index (κ3) is 11.6. The lowest BCUT2D eigenvalue weighted by atomic mass is 10.0. The lowest BCUT2D eigenvalue weighted by Gasteiger charge is -2.19. The Hall–Kier alpha value is 0.560. The monoisotopic (exact) mass is 324 g/mol. The van der Waals surface area contributed by atoms with Gasteiger partial charge < -0.3 is 9.42 Å². The van der Waals surface area contributed by atoms with Gasteiger partial charge in [-0.05, 0) is 25.2 Å². The van der Waals surface area contributed by atoms with E-state index in [1.807, 2.05) is 6.92 Å². The van der Waals surface area contributed by atoms with E-state index >= 15 is 0 Å². The predicted molar refractivity (Wildman–Crippen MR) is 69.8 cm³/mol. The van der Waals surface area contributed by atoms with Crippen molar-refractivity contribution in [3.8, 4) is 0 Å². The van der Waals surface area contributed by atoms with Gasteiger partial charge in [-0.15, -0.1) is 0 Å². The first-order valence-electron chi connectivity index (χ1n) is 5.66. The molecule has 0 rings (SSSR count). The van der Waals surface area contributed by atoms with Gasteiger partial charge in [-0.3, -0.25) is 9.09 Å². The molecule has 0 heterocycles. The molecule has 0 saturated heterocycles. The van der Waals surface area contributed by atoms with E-state index < -0.39 is 20.7 Å². The molecule has 0 aliphatic rings. The molecular formula is C9H20ClFO5P2. The van der Waals surface area contributed by atoms with Gasteiger partial charge >= 0.3 is 14.6 Å². The summed E-state index contributed by atoms with van der Waals surface area (Å²) in [4.78, 5) is 8.73. The van der Waals surface area contributed by atoms with Crippen molar-refractivity contribution in [3.05, 3.63) is 0 Å². The van der Waals surface area contributed by atoms with Gasteiger partial charge in [0.15, 0.2) is 0 Å². The summed E-state index contributed by atoms with van der Waals surface area (Å²) in [6, 6.07) is 0. The molecule has 110 valence electrons. The Morgan fingerprint density at radius 3 is 2.33 bits per heavy atom. The van der Waals surface area contributed by atoms with Gasteiger partial charge in [0.05, 0.1) is 12.7 Å². The zero-order valence-corrected chi connectivity index (χ0v) is 13.3. The summed E-state index contributed by atoms with van der Waals surface area (Å²) in [7, 11) is -3.98. The summed E-state index contributed by atoms with van der Waals surface area (Å²) < 4.78 is 43.8. The van der Waals surface area contributed by atoms with Crippen molar-refractivity contribution in [2.75, 3.05) is 13.3 Å². The highest BCUT2D eigenvalue weighted by atomic mass is 35.7. The maximum absolute atomic E-state index is 12.9. The third-order valence-corrected chi connectivity index (χ3v) is 3.73. The van der Waals surface area contributed by atoms with E-state index in [9.17, 15) is 13.3 Å². The van der Waals surface area contributed by atoms with Gasteiger partial charge in [0.1, 0.15) is 0 Å². The van der Waals surface area contributed by atoms with Crippen molar-refractivity contribution in [2.45, 2.75) is 39.2 Å². The topological polar surface area (TPSA) is 72.8 Å². The molecule has 0 bridgehead atoms. The molecular weight excluding hydrogens is 304 g/mol. The van der Waals surface area contributed by atoms with Crippen LogP contribution in [0.1, 0.15) is 33.1 Å². The lowest BCUT2D eigenvalue weighted by Crippen LogP contribution is -2.13. The van der Waals surface area contributed by atoms with Crippen LogP contribution in [0.15, 0.2) is 0 Å². The number of halogens is 2. The first kappa shape index (κ1) is 18.6. The summed E-state index contributed by atoms with van der Waals surface area (Å²) in [6.07, 6.45) is 1.21. The summed E-state index contributed by atoms with van der Waals surface area (Å²) in [5.74, 6) is -0.0299. The first-order valence-corrected chi connectivity index (χ1v) is 10.1. The van der Waals surface area contributed by atoms with Gasteiger partial charge in [0, 0.05) is 17.9 Å². The second kappa shape index (κ2) is 7.98. The Balaban J connectivity index is 3.98. The average Bonchev–Trinajstić information content (AvgIpc) is 2.18. The van der Waals surface area contributed by atoms with Crippen LogP contribution in [0.2, 0.25) is 0 Å². The summed E-state index contributed by atoms with van der Waals surface area (Å²) >= 11 is 5.03. The molecule has 0 amide bonds. The van der Waals surface area contributed by atoms with Crippen molar-refractivity contribution >= 4 is 25.9 Å². The maximum Gasteiger partial charge on any atom is 0.421 e. The molecule has 0 aromatic carbocycles. The SMILES string of the molecule is CCC(CCC(C)COP(=O)(O)Cl)OP(C)(=O)F. The first-order chi connectivity index (χ1) is 8.03. The predicted octanol–water partition coefficient (Wildman–Crippen LogP) is 4.35. The molecule has 18 heavy (non-hydrogen) atoms. The Labute approximate surface area is 112 Å². The Bertz CT molecular complexity index is 329. The van der Waals surface area contributed by atoms with E-state index in [1.165, 1.54) is 0 Å². The fraction of sp³-hybridized carbons (Fsp3) is 1.00. The van der Waals surface area contributed by atoms with Gasteiger partial charge in [0.2, 0.25) is 0 Å². The molecule has 0 saturated carbocycles. The van der Waals surface area contributed by atoms with Crippen LogP contribution in [-0.2, 0) is 18.2 Å². The van der Waals surface area contributed by atoms with Crippen LogP contribution in [0.25, 0.3) is 0 Å². The van der Waals surface area contributed by atoms with Crippen LogP contribution in [-0.4, -0.2) is 24.3 Å². The largest absolute Gasteiger partial charge is 0.421 e. The molecule has 4 atom stereocenters. The number of rotatable bonds is 9. The fourth-order valence-corrected chi connectivity index (χ4v) is 2.76. The Morgan fingerprint density at radius 1 is 1.39 bits per heavy atom. The number of hydrogen-bond acceptors (Lipinski definition) is 4. The highest BCUT2D eigenvalue weighted by Crippen LogP contribution is 2.48. The molecule has 5 nitrogen and oxygen atoms in total. The zero-order valence-electron chi connectivity index (χ0n) is 10.7. The second-order valence-corrected chi connectivity index (χ2v) is 8.46. The minimum absolute atomic E-state index is 0.0299. The molecule has 9 heteroatoms. The van der Waals surface area contributed by atoms with E-state index in [0.717, 1.165) is 6.66 Å².